The van der Waals surface area contributed by atoms with Gasteiger partial charge < -0.3 is 4.74 Å². The smallest absolute Gasteiger partial charge is 0.163 e. The number of carbonyl (C=O) groups is 1. The summed E-state index contributed by atoms with van der Waals surface area (Å²) in [6.45, 7) is 3.48. The predicted molar refractivity (Wildman–Crippen MR) is 78.3 cm³/mol. The molecule has 0 aliphatic heterocycles. The van der Waals surface area contributed by atoms with E-state index in [0.29, 0.717) is 22.7 Å². The van der Waals surface area contributed by atoms with Crippen LogP contribution in [0.1, 0.15) is 35.6 Å². The average Bonchev–Trinajstić information content (AvgIpc) is 2.71. The van der Waals surface area contributed by atoms with Crippen LogP contribution in [-0.2, 0) is 20.1 Å². The van der Waals surface area contributed by atoms with E-state index < -0.39 is 5.82 Å². The van der Waals surface area contributed by atoms with Crippen molar-refractivity contribution >= 4 is 17.4 Å². The lowest BCUT2D eigenvalue weighted by atomic mass is 10.1. The van der Waals surface area contributed by atoms with Crippen LogP contribution in [0.15, 0.2) is 18.2 Å². The summed E-state index contributed by atoms with van der Waals surface area (Å²) in [6.07, 6.45) is 0.714. The Morgan fingerprint density at radius 1 is 1.48 bits per heavy atom. The molecule has 0 fully saturated rings. The molecular formula is C15H16ClFN2O2. The molecule has 0 bridgehead atoms. The number of ether oxygens (including phenoxy) is 1. The molecule has 0 saturated carbocycles. The molecule has 1 heterocycles. The number of Topliss-reactive ketones (excluding diaryl/α,β-unsaturated/α-hetero) is 1. The van der Waals surface area contributed by atoms with E-state index >= 15 is 0 Å². The zero-order chi connectivity index (χ0) is 15.6. The van der Waals surface area contributed by atoms with Gasteiger partial charge in [-0.25, -0.2) is 4.39 Å². The summed E-state index contributed by atoms with van der Waals surface area (Å²) in [5, 5.41) is 4.82. The number of benzene rings is 1. The molecule has 2 aromatic rings. The van der Waals surface area contributed by atoms with Gasteiger partial charge >= 0.3 is 0 Å². The summed E-state index contributed by atoms with van der Waals surface area (Å²) < 4.78 is 20.5. The first-order valence-corrected chi connectivity index (χ1v) is 6.95. The Hall–Kier alpha value is -1.88. The lowest BCUT2D eigenvalue weighted by Gasteiger charge is -2.10. The van der Waals surface area contributed by atoms with Crippen LogP contribution in [-0.4, -0.2) is 15.6 Å². The summed E-state index contributed by atoms with van der Waals surface area (Å²) in [7, 11) is 1.77. The van der Waals surface area contributed by atoms with E-state index in [2.05, 4.69) is 5.10 Å². The van der Waals surface area contributed by atoms with Gasteiger partial charge in [0.2, 0.25) is 0 Å². The Balaban J connectivity index is 2.26. The molecule has 0 atom stereocenters. The molecule has 0 unspecified atom stereocenters. The summed E-state index contributed by atoms with van der Waals surface area (Å²) in [4.78, 5) is 11.5. The van der Waals surface area contributed by atoms with Crippen LogP contribution in [0.4, 0.5) is 4.39 Å². The Labute approximate surface area is 127 Å². The van der Waals surface area contributed by atoms with Crippen molar-refractivity contribution in [2.45, 2.75) is 26.9 Å². The van der Waals surface area contributed by atoms with Gasteiger partial charge in [-0.15, -0.1) is 0 Å². The highest BCUT2D eigenvalue weighted by Crippen LogP contribution is 2.25. The highest BCUT2D eigenvalue weighted by atomic mass is 35.5. The number of ketones is 1. The largest absolute Gasteiger partial charge is 0.486 e. The molecule has 1 aromatic carbocycles. The minimum Gasteiger partial charge on any atom is -0.486 e. The van der Waals surface area contributed by atoms with Gasteiger partial charge in [0.15, 0.2) is 5.78 Å². The first-order chi connectivity index (χ1) is 9.93. The normalized spacial score (nSPS) is 10.7. The third-order valence-electron chi connectivity index (χ3n) is 3.19. The second-order valence-corrected chi connectivity index (χ2v) is 5.05. The number of hydrogen-bond acceptors (Lipinski definition) is 3. The Morgan fingerprint density at radius 2 is 2.19 bits per heavy atom. The Bertz CT molecular complexity index is 683. The van der Waals surface area contributed by atoms with Crippen LogP contribution in [0.3, 0.4) is 0 Å². The number of rotatable bonds is 5. The Morgan fingerprint density at radius 3 is 2.76 bits per heavy atom. The molecule has 6 heteroatoms. The van der Waals surface area contributed by atoms with Crippen molar-refractivity contribution in [1.82, 2.24) is 9.78 Å². The van der Waals surface area contributed by atoms with Crippen LogP contribution in [0.5, 0.6) is 5.75 Å². The molecule has 0 aliphatic rings. The van der Waals surface area contributed by atoms with Gasteiger partial charge in [-0.3, -0.25) is 9.48 Å². The maximum Gasteiger partial charge on any atom is 0.163 e. The quantitative estimate of drug-likeness (QED) is 0.793. The lowest BCUT2D eigenvalue weighted by molar-refractivity contribution is 0.101. The zero-order valence-corrected chi connectivity index (χ0v) is 12.9. The molecule has 1 aromatic heterocycles. The van der Waals surface area contributed by atoms with E-state index in [0.717, 1.165) is 5.69 Å². The van der Waals surface area contributed by atoms with Crippen molar-refractivity contribution in [3.63, 3.8) is 0 Å². The molecule has 0 N–H and O–H groups in total. The third-order valence-corrected chi connectivity index (χ3v) is 3.63. The van der Waals surface area contributed by atoms with E-state index in [9.17, 15) is 9.18 Å². The van der Waals surface area contributed by atoms with Gasteiger partial charge in [-0.1, -0.05) is 18.5 Å². The van der Waals surface area contributed by atoms with Crippen LogP contribution < -0.4 is 4.74 Å². The highest BCUT2D eigenvalue weighted by Gasteiger charge is 2.15. The SMILES string of the molecule is CCc1nn(C)c(COc2cc(F)ccc2C(C)=O)c1Cl. The molecule has 21 heavy (non-hydrogen) atoms. The van der Waals surface area contributed by atoms with Crippen molar-refractivity contribution in [2.24, 2.45) is 7.05 Å². The highest BCUT2D eigenvalue weighted by molar-refractivity contribution is 6.31. The minimum atomic E-state index is -0.458. The van der Waals surface area contributed by atoms with Gasteiger partial charge in [0, 0.05) is 13.1 Å². The summed E-state index contributed by atoms with van der Waals surface area (Å²) in [5.74, 6) is -0.437. The number of hydrogen-bond donors (Lipinski definition) is 0. The van der Waals surface area contributed by atoms with Gasteiger partial charge in [0.05, 0.1) is 22.0 Å². The topological polar surface area (TPSA) is 44.1 Å². The molecule has 112 valence electrons. The standard InChI is InChI=1S/C15H16ClFN2O2/c1-4-12-15(16)13(19(3)18-12)8-21-14-7-10(17)5-6-11(14)9(2)20/h5-7H,4,8H2,1-3H3. The number of aromatic nitrogens is 2. The van der Waals surface area contributed by atoms with E-state index in [1.807, 2.05) is 6.92 Å². The summed E-state index contributed by atoms with van der Waals surface area (Å²) in [5.41, 5.74) is 1.81. The number of aryl methyl sites for hydroxylation is 2. The van der Waals surface area contributed by atoms with Crippen molar-refractivity contribution in [3.8, 4) is 5.75 Å². The van der Waals surface area contributed by atoms with E-state index in [1.165, 1.54) is 25.1 Å². The second kappa shape index (κ2) is 6.26. The van der Waals surface area contributed by atoms with Crippen LogP contribution in [0, 0.1) is 5.82 Å². The molecule has 0 saturated heterocycles. The molecular weight excluding hydrogens is 295 g/mol. The molecule has 0 aliphatic carbocycles. The molecule has 0 spiro atoms. The van der Waals surface area contributed by atoms with Crippen LogP contribution in [0.25, 0.3) is 0 Å². The molecule has 4 nitrogen and oxygen atoms in total. The number of carbonyl (C=O) groups excluding carboxylic acids is 1. The molecule has 0 radical (unpaired) electrons. The van der Waals surface area contributed by atoms with Gasteiger partial charge in [-0.2, -0.15) is 5.10 Å². The summed E-state index contributed by atoms with van der Waals surface area (Å²) >= 11 is 6.23. The van der Waals surface area contributed by atoms with Gasteiger partial charge in [0.1, 0.15) is 18.2 Å². The maximum atomic E-state index is 13.3. The van der Waals surface area contributed by atoms with Crippen molar-refractivity contribution in [2.75, 3.05) is 0 Å². The molecule has 0 amide bonds. The van der Waals surface area contributed by atoms with Gasteiger partial charge in [0.25, 0.3) is 0 Å². The number of halogens is 2. The van der Waals surface area contributed by atoms with Crippen molar-refractivity contribution < 1.29 is 13.9 Å². The van der Waals surface area contributed by atoms with E-state index in [1.54, 1.807) is 11.7 Å². The fourth-order valence-electron chi connectivity index (χ4n) is 2.03. The van der Waals surface area contributed by atoms with E-state index in [-0.39, 0.29) is 18.1 Å². The molecule has 2 rings (SSSR count). The van der Waals surface area contributed by atoms with E-state index in [4.69, 9.17) is 16.3 Å². The minimum absolute atomic E-state index is 0.117. The maximum absolute atomic E-state index is 13.3. The van der Waals surface area contributed by atoms with Gasteiger partial charge in [-0.05, 0) is 25.5 Å². The zero-order valence-electron chi connectivity index (χ0n) is 12.1. The summed E-state index contributed by atoms with van der Waals surface area (Å²) in [6, 6.07) is 3.84. The van der Waals surface area contributed by atoms with Crippen LogP contribution >= 0.6 is 11.6 Å². The second-order valence-electron chi connectivity index (χ2n) is 4.67. The lowest BCUT2D eigenvalue weighted by Crippen LogP contribution is -2.06. The first-order valence-electron chi connectivity index (χ1n) is 6.57. The van der Waals surface area contributed by atoms with Crippen molar-refractivity contribution in [1.29, 1.82) is 0 Å². The Kier molecular flexibility index (Phi) is 4.63. The predicted octanol–water partition coefficient (Wildman–Crippen LogP) is 3.56. The third kappa shape index (κ3) is 3.24. The van der Waals surface area contributed by atoms with Crippen LogP contribution in [0.2, 0.25) is 5.02 Å². The van der Waals surface area contributed by atoms with Crippen molar-refractivity contribution in [3.05, 3.63) is 46.0 Å². The first kappa shape index (κ1) is 15.5. The number of nitrogens with zero attached hydrogens (tertiary/aromatic N) is 2. The fourth-order valence-corrected chi connectivity index (χ4v) is 2.38. The fraction of sp³-hybridized carbons (Fsp3) is 0.333. The monoisotopic (exact) mass is 310 g/mol. The average molecular weight is 311 g/mol.